The van der Waals surface area contributed by atoms with E-state index in [1.165, 1.54) is 76.6 Å². The summed E-state index contributed by atoms with van der Waals surface area (Å²) in [6.45, 7) is 40.7. The number of nitrogens with zero attached hydrogens (tertiary/aromatic N) is 16. The number of aryl methyl sites for hydroxylation is 10. The van der Waals surface area contributed by atoms with Crippen LogP contribution in [-0.2, 0) is 30.2 Å². The Kier molecular flexibility index (Phi) is 19.9. The van der Waals surface area contributed by atoms with Crippen LogP contribution in [0.4, 0.5) is 22.7 Å². The Morgan fingerprint density at radius 1 is 0.333 bits per heavy atom. The van der Waals surface area contributed by atoms with Crippen LogP contribution < -0.4 is 14.7 Å². The zero-order valence-electron chi connectivity index (χ0n) is 85.4. The summed E-state index contributed by atoms with van der Waals surface area (Å²) in [5, 5.41) is 10.7. The number of likely N-dealkylation sites (N-methyl/N-ethyl adjacent to an activating group) is 1. The van der Waals surface area contributed by atoms with Crippen LogP contribution in [0.2, 0.25) is 0 Å². The van der Waals surface area contributed by atoms with E-state index in [4.69, 9.17) is 27.6 Å². The molecule has 9 saturated heterocycles. The third kappa shape index (κ3) is 14.4. The third-order valence-corrected chi connectivity index (χ3v) is 30.7. The minimum Gasteiger partial charge on any atom is -0.437 e. The molecule has 17 aromatic rings. The molecule has 0 saturated carbocycles. The van der Waals surface area contributed by atoms with E-state index in [0.29, 0.717) is 64.2 Å². The Balaban J connectivity index is 0.0000000999. The molecular formula is C111H124N16O5. The fourth-order valence-corrected chi connectivity index (χ4v) is 23.6. The van der Waals surface area contributed by atoms with Crippen molar-refractivity contribution in [2.75, 3.05) is 115 Å². The first-order valence-corrected chi connectivity index (χ1v) is 47.3. The van der Waals surface area contributed by atoms with Gasteiger partial charge >= 0.3 is 0 Å². The smallest absolute Gasteiger partial charge is 0.227 e. The van der Waals surface area contributed by atoms with Gasteiger partial charge in [0.15, 0.2) is 16.7 Å². The summed E-state index contributed by atoms with van der Waals surface area (Å²) in [7, 11) is 5.87. The number of piperidine rings is 2. The predicted molar refractivity (Wildman–Crippen MR) is 535 cm³/mol. The van der Waals surface area contributed by atoms with E-state index in [9.17, 15) is 2.74 Å². The molecule has 9 fully saturated rings. The number of benzene rings is 7. The second-order valence-electron chi connectivity index (χ2n) is 39.5. The lowest BCUT2D eigenvalue weighted by atomic mass is 9.61. The van der Waals surface area contributed by atoms with Gasteiger partial charge in [-0.1, -0.05) is 103 Å². The maximum Gasteiger partial charge on any atom is 0.227 e. The van der Waals surface area contributed by atoms with Gasteiger partial charge in [0.05, 0.1) is 65.0 Å². The van der Waals surface area contributed by atoms with Crippen molar-refractivity contribution >= 4 is 133 Å². The van der Waals surface area contributed by atoms with E-state index in [2.05, 4.69) is 222 Å². The first kappa shape index (κ1) is 79.0. The van der Waals surface area contributed by atoms with E-state index >= 15 is 0 Å². The lowest BCUT2D eigenvalue weighted by Gasteiger charge is -2.64. The predicted octanol–water partition coefficient (Wildman–Crippen LogP) is 22.3. The van der Waals surface area contributed by atoms with Gasteiger partial charge in [0.25, 0.3) is 0 Å². The molecule has 21 heterocycles. The highest BCUT2D eigenvalue weighted by atomic mass is 16.4. The van der Waals surface area contributed by atoms with Crippen LogP contribution >= 0.6 is 0 Å². The zero-order valence-corrected chi connectivity index (χ0v) is 79.4. The third-order valence-electron chi connectivity index (χ3n) is 30.7. The molecule has 8 bridgehead atoms. The standard InChI is InChI=1S/2C24H25N3O.C22H25N3O.C21H24N4O.C20H25N3O/c1-15-9-11-20-21-12-10-16(2)25-24(21)28-23(20)22(15)27-14-19-8-6-5-7-18(19)13-26(4)17(27)3;1-15-9-11-19-20-12-10-16(2)25-24(20)28-23(19)22(15)27-17(3)26(4)14-13-18-7-5-6-8-21(18)27;1-13-4-6-17-18-7-5-14(2)23-21(18)26-20(17)19(13)22-8-16-9-24(11-22)12-25(10-16)15(22)3;1-13-4-6-16-17-7-5-14(2)22-20(17)26-19(16)18(13)21-8-23-10-24(9-21)12-25(11-23)15(21)3;1-13-7-9-16-17-10-8-14(2)21-20(17)24-19(16)18(13)23-12-6-5-11-22(4)15(23)3/h2*5-12,17H,13-14H2,1-4H3;4-7,15-16H,8-12H2,1-3H3;4-7,15H,8-12H2,1-3H3;7-10,15H,5-6,11-12H2,1-4H3/i13D2,14D2;13D2;;;. The summed E-state index contributed by atoms with van der Waals surface area (Å²) in [5.41, 5.74) is 26.7. The van der Waals surface area contributed by atoms with Crippen LogP contribution in [0.1, 0.15) is 146 Å². The number of hydrogen-bond acceptors (Lipinski definition) is 21. The highest BCUT2D eigenvalue weighted by molar-refractivity contribution is 6.12. The Morgan fingerprint density at radius 3 is 1.21 bits per heavy atom. The lowest BCUT2D eigenvalue weighted by Crippen LogP contribution is -2.77. The van der Waals surface area contributed by atoms with Gasteiger partial charge in [-0.25, -0.2) is 24.9 Å². The van der Waals surface area contributed by atoms with Crippen LogP contribution in [-0.4, -0.2) is 195 Å². The molecule has 678 valence electrons. The van der Waals surface area contributed by atoms with Crippen molar-refractivity contribution in [3.63, 3.8) is 0 Å². The van der Waals surface area contributed by atoms with Crippen molar-refractivity contribution < 1.29 is 30.3 Å². The zero-order chi connectivity index (χ0) is 96.3. The van der Waals surface area contributed by atoms with Crippen LogP contribution in [0.3, 0.4) is 0 Å². The molecule has 11 unspecified atom stereocenters. The Bertz CT molecular complexity index is 7540. The van der Waals surface area contributed by atoms with E-state index in [1.807, 2.05) is 110 Å². The van der Waals surface area contributed by atoms with Gasteiger partial charge < -0.3 is 36.8 Å². The molecule has 0 N–H and O–H groups in total. The van der Waals surface area contributed by atoms with Crippen molar-refractivity contribution in [2.45, 2.75) is 184 Å². The Labute approximate surface area is 781 Å². The van der Waals surface area contributed by atoms with Gasteiger partial charge in [-0.2, -0.15) is 0 Å². The second-order valence-corrected chi connectivity index (χ2v) is 39.5. The fraction of sp³-hybridized carbons (Fsp3) is 0.396. The number of furan rings is 5. The van der Waals surface area contributed by atoms with Gasteiger partial charge in [-0.05, 0) is 274 Å². The van der Waals surface area contributed by atoms with Crippen molar-refractivity contribution in [3.05, 3.63) is 254 Å². The molecule has 7 aromatic carbocycles. The summed E-state index contributed by atoms with van der Waals surface area (Å²) < 4.78 is 85.1. The quantitative estimate of drug-likeness (QED) is 0.159. The summed E-state index contributed by atoms with van der Waals surface area (Å²) >= 11 is 0. The number of hydrogen-bond donors (Lipinski definition) is 0. The normalized spacial score (nSPS) is 27.1. The molecule has 10 aromatic heterocycles. The summed E-state index contributed by atoms with van der Waals surface area (Å²) in [6, 6.07) is 57.9. The topological polar surface area (TPSA) is 166 Å². The molecule has 132 heavy (non-hydrogen) atoms. The molecule has 0 amide bonds. The minimum atomic E-state index is -1.99. The van der Waals surface area contributed by atoms with Crippen molar-refractivity contribution in [1.29, 1.82) is 0 Å². The number of anilines is 4. The summed E-state index contributed by atoms with van der Waals surface area (Å²) in [4.78, 5) is 48.5. The molecule has 11 atom stereocenters. The molecule has 21 heteroatoms. The van der Waals surface area contributed by atoms with Gasteiger partial charge in [0.2, 0.25) is 28.6 Å². The molecule has 0 radical (unpaired) electrons. The van der Waals surface area contributed by atoms with Gasteiger partial charge in [0, 0.05) is 186 Å². The molecule has 28 rings (SSSR count). The Morgan fingerprint density at radius 2 is 0.712 bits per heavy atom. The highest BCUT2D eigenvalue weighted by Crippen LogP contribution is 2.54. The summed E-state index contributed by atoms with van der Waals surface area (Å²) in [5.74, 6) is 0.785. The van der Waals surface area contributed by atoms with E-state index in [-0.39, 0.29) is 17.0 Å². The first-order valence-electron chi connectivity index (χ1n) is 50.3. The molecule has 0 aliphatic carbocycles. The number of fused-ring (bicyclic) bond motifs is 17. The first-order chi connectivity index (χ1) is 66.0. The number of aromatic nitrogens is 5. The maximum atomic E-state index is 9.22. The maximum absolute atomic E-state index is 9.22. The van der Waals surface area contributed by atoms with E-state index in [1.54, 1.807) is 41.1 Å². The summed E-state index contributed by atoms with van der Waals surface area (Å²) in [6.07, 6.45) is 1.97. The monoisotopic (exact) mass is 1770 g/mol. The van der Waals surface area contributed by atoms with Gasteiger partial charge in [-0.3, -0.25) is 39.2 Å². The number of pyridine rings is 5. The van der Waals surface area contributed by atoms with Crippen molar-refractivity contribution in [1.82, 2.24) is 64.1 Å². The van der Waals surface area contributed by atoms with Crippen LogP contribution in [0.25, 0.3) is 110 Å². The molecule has 11 aliphatic heterocycles. The average molecular weight is 1770 g/mol. The largest absolute Gasteiger partial charge is 0.437 e. The fourth-order valence-electron chi connectivity index (χ4n) is 23.6. The minimum absolute atomic E-state index is 0.0593. The lowest BCUT2D eigenvalue weighted by molar-refractivity contribution is -0.172. The Hall–Kier alpha value is -11.6. The van der Waals surface area contributed by atoms with E-state index < -0.39 is 25.5 Å². The van der Waals surface area contributed by atoms with Crippen LogP contribution in [0.5, 0.6) is 0 Å². The van der Waals surface area contributed by atoms with Gasteiger partial charge in [0.1, 0.15) is 11.2 Å². The van der Waals surface area contributed by atoms with Crippen molar-refractivity contribution in [3.8, 4) is 0 Å². The molecule has 11 aliphatic rings. The average Bonchev–Trinajstić information content (AvgIpc) is 1.14. The SMILES string of the molecule is Cc1ccc2c(n1)oc1c(C34CC5CN(CN(C5)C3C)C4)c(C)ccc12.Cc1ccc2c(n1)oc1c(C34CN5CN(CN(C5)C3C)C4)c(C)ccc12.Cc1ccc2c(n1)oc1c(N3CCCCN(C)C3C)c(C)ccc12.[2H]C1([2H])CN(C)C(C)N(c2c(C)ccc3c2oc2nc(C)ccc23)c2ccccc21.[2H]C1([2H])c2ccccc2C([2H])([2H])N(c2c(C)ccc3c2oc2nc(C)ccc23)C(C)N1C. The molecule has 21 nitrogen and oxygen atoms in total. The van der Waals surface area contributed by atoms with Crippen LogP contribution in [0.15, 0.2) is 192 Å². The highest BCUT2D eigenvalue weighted by Gasteiger charge is 2.58. The number of para-hydroxylation sites is 1. The van der Waals surface area contributed by atoms with Crippen molar-refractivity contribution in [2.24, 2.45) is 5.92 Å². The second kappa shape index (κ2) is 33.2. The molecule has 0 spiro atoms. The van der Waals surface area contributed by atoms with Gasteiger partial charge in [-0.15, -0.1) is 0 Å². The van der Waals surface area contributed by atoms with Crippen LogP contribution in [0, 0.1) is 75.2 Å². The molecular weight excluding hydrogens is 1640 g/mol. The van der Waals surface area contributed by atoms with E-state index in [0.717, 1.165) is 199 Å². The number of rotatable bonds is 5.